The minimum Gasteiger partial charge on any atom is -0.488 e. The van der Waals surface area contributed by atoms with Gasteiger partial charge in [0.25, 0.3) is 0 Å². The first-order valence-corrected chi connectivity index (χ1v) is 13.0. The minimum atomic E-state index is -1.06. The molecule has 0 atom stereocenters. The van der Waals surface area contributed by atoms with Crippen LogP contribution < -0.4 is 9.64 Å². The van der Waals surface area contributed by atoms with Crippen LogP contribution >= 0.6 is 11.6 Å². The molecule has 0 aromatic heterocycles. The van der Waals surface area contributed by atoms with Crippen molar-refractivity contribution in [3.63, 3.8) is 0 Å². The van der Waals surface area contributed by atoms with Crippen LogP contribution in [0.4, 0.5) is 14.5 Å². The average Bonchev–Trinajstić information content (AvgIpc) is 3.39. The predicted molar refractivity (Wildman–Crippen MR) is 142 cm³/mol. The molecule has 1 aliphatic carbocycles. The van der Waals surface area contributed by atoms with E-state index in [1.807, 2.05) is 6.07 Å². The molecule has 0 radical (unpaired) electrons. The fourth-order valence-electron chi connectivity index (χ4n) is 5.16. The van der Waals surface area contributed by atoms with Crippen LogP contribution in [0, 0.1) is 11.6 Å². The van der Waals surface area contributed by atoms with E-state index in [0.717, 1.165) is 47.6 Å². The lowest BCUT2D eigenvalue weighted by Crippen LogP contribution is -2.35. The van der Waals surface area contributed by atoms with Crippen molar-refractivity contribution in [3.8, 4) is 5.75 Å². The lowest BCUT2D eigenvalue weighted by atomic mass is 9.94. The monoisotopic (exact) mass is 537 g/mol. The zero-order valence-electron chi connectivity index (χ0n) is 20.6. The Morgan fingerprint density at radius 2 is 1.76 bits per heavy atom. The molecule has 1 saturated heterocycles. The van der Waals surface area contributed by atoms with E-state index in [0.29, 0.717) is 42.3 Å². The second-order valence-electron chi connectivity index (χ2n) is 9.55. The van der Waals surface area contributed by atoms with Crippen molar-refractivity contribution in [1.29, 1.82) is 0 Å². The number of amides is 1. The average molecular weight is 538 g/mol. The van der Waals surface area contributed by atoms with Crippen molar-refractivity contribution < 1.29 is 28.2 Å². The maximum atomic E-state index is 14.2. The number of benzene rings is 3. The maximum absolute atomic E-state index is 14.2. The third kappa shape index (κ3) is 5.43. The molecular weight excluding hydrogens is 512 g/mol. The summed E-state index contributed by atoms with van der Waals surface area (Å²) in [6.45, 7) is 0.457. The molecule has 5 nitrogen and oxygen atoms in total. The number of carbonyl (C=O) groups is 2. The smallest absolute Gasteiger partial charge is 0.335 e. The molecule has 0 spiro atoms. The number of carboxylic acid groups (broad SMARTS) is 1. The molecule has 0 unspecified atom stereocenters. The number of hydrogen-bond acceptors (Lipinski definition) is 3. The molecule has 1 fully saturated rings. The van der Waals surface area contributed by atoms with Gasteiger partial charge < -0.3 is 14.7 Å². The Morgan fingerprint density at radius 1 is 0.947 bits per heavy atom. The Bertz CT molecular complexity index is 1450. The molecular formula is C30H26ClF2NO4. The molecule has 2 aliphatic rings. The second-order valence-corrected chi connectivity index (χ2v) is 9.99. The Labute approximate surface area is 224 Å². The van der Waals surface area contributed by atoms with Gasteiger partial charge in [0.05, 0.1) is 5.56 Å². The van der Waals surface area contributed by atoms with E-state index >= 15 is 0 Å². The highest BCUT2D eigenvalue weighted by atomic mass is 35.5. The van der Waals surface area contributed by atoms with Gasteiger partial charge in [-0.1, -0.05) is 11.6 Å². The van der Waals surface area contributed by atoms with Gasteiger partial charge in [0.1, 0.15) is 24.0 Å². The molecule has 38 heavy (non-hydrogen) atoms. The first-order chi connectivity index (χ1) is 18.3. The predicted octanol–water partition coefficient (Wildman–Crippen LogP) is 7.51. The molecule has 0 saturated carbocycles. The highest BCUT2D eigenvalue weighted by molar-refractivity contribution is 6.30. The van der Waals surface area contributed by atoms with E-state index in [2.05, 4.69) is 0 Å². The Kier molecular flexibility index (Phi) is 7.47. The fraction of sp³-hybridized carbons (Fsp3) is 0.267. The lowest BCUT2D eigenvalue weighted by Gasteiger charge is -2.27. The summed E-state index contributed by atoms with van der Waals surface area (Å²) < 4.78 is 33.5. The number of carboxylic acids is 1. The van der Waals surface area contributed by atoms with Gasteiger partial charge in [-0.15, -0.1) is 0 Å². The number of rotatable bonds is 7. The second kappa shape index (κ2) is 11.0. The Hall–Kier alpha value is -3.71. The van der Waals surface area contributed by atoms with Crippen LogP contribution in [0.1, 0.15) is 65.6 Å². The van der Waals surface area contributed by atoms with E-state index < -0.39 is 17.6 Å². The van der Waals surface area contributed by atoms with Crippen LogP contribution in [-0.2, 0) is 11.4 Å². The van der Waals surface area contributed by atoms with Crippen molar-refractivity contribution in [2.24, 2.45) is 0 Å². The van der Waals surface area contributed by atoms with Crippen molar-refractivity contribution in [3.05, 3.63) is 93.5 Å². The molecule has 8 heteroatoms. The summed E-state index contributed by atoms with van der Waals surface area (Å²) in [7, 11) is 0. The largest absolute Gasteiger partial charge is 0.488 e. The van der Waals surface area contributed by atoms with E-state index in [-0.39, 0.29) is 23.6 Å². The summed E-state index contributed by atoms with van der Waals surface area (Å²) in [4.78, 5) is 26.3. The van der Waals surface area contributed by atoms with Gasteiger partial charge in [0.15, 0.2) is 0 Å². The van der Waals surface area contributed by atoms with Gasteiger partial charge in [-0.05, 0) is 97.3 Å². The van der Waals surface area contributed by atoms with E-state index in [1.54, 1.807) is 35.2 Å². The van der Waals surface area contributed by atoms with Crippen LogP contribution in [0.3, 0.4) is 0 Å². The summed E-state index contributed by atoms with van der Waals surface area (Å²) >= 11 is 6.36. The summed E-state index contributed by atoms with van der Waals surface area (Å²) in [6, 6.07) is 13.6. The number of carbonyl (C=O) groups excluding carboxylic acids is 1. The number of ether oxygens (including phenoxy) is 1. The molecule has 0 bridgehead atoms. The van der Waals surface area contributed by atoms with Gasteiger partial charge in [0.2, 0.25) is 5.91 Å². The molecule has 3 aromatic carbocycles. The van der Waals surface area contributed by atoms with Crippen molar-refractivity contribution >= 4 is 40.3 Å². The molecule has 1 amide bonds. The highest BCUT2D eigenvalue weighted by Crippen LogP contribution is 2.44. The van der Waals surface area contributed by atoms with Crippen LogP contribution in [0.15, 0.2) is 54.6 Å². The molecule has 1 N–H and O–H groups in total. The zero-order chi connectivity index (χ0) is 26.8. The number of nitrogens with zero attached hydrogens (tertiary/aromatic N) is 1. The third-order valence-electron chi connectivity index (χ3n) is 7.03. The molecule has 196 valence electrons. The van der Waals surface area contributed by atoms with Crippen molar-refractivity contribution in [1.82, 2.24) is 0 Å². The zero-order valence-corrected chi connectivity index (χ0v) is 21.4. The van der Waals surface area contributed by atoms with Gasteiger partial charge in [-0.3, -0.25) is 4.79 Å². The quantitative estimate of drug-likeness (QED) is 0.339. The first kappa shape index (κ1) is 25.9. The number of hydrogen-bond donors (Lipinski definition) is 1. The van der Waals surface area contributed by atoms with Gasteiger partial charge >= 0.3 is 5.97 Å². The van der Waals surface area contributed by atoms with E-state index in [9.17, 15) is 23.5 Å². The van der Waals surface area contributed by atoms with Crippen LogP contribution in [0.25, 0.3) is 11.1 Å². The third-order valence-corrected chi connectivity index (χ3v) is 7.27. The van der Waals surface area contributed by atoms with Crippen molar-refractivity contribution in [2.45, 2.75) is 45.1 Å². The number of allylic oxidation sites excluding steroid dienone is 2. The van der Waals surface area contributed by atoms with Gasteiger partial charge in [0, 0.05) is 40.9 Å². The molecule has 3 aromatic rings. The van der Waals surface area contributed by atoms with Crippen LogP contribution in [-0.4, -0.2) is 23.5 Å². The van der Waals surface area contributed by atoms with Gasteiger partial charge in [-0.25, -0.2) is 13.6 Å². The Morgan fingerprint density at radius 3 is 2.53 bits per heavy atom. The minimum absolute atomic E-state index is 0.0103. The molecule has 1 aliphatic heterocycles. The van der Waals surface area contributed by atoms with E-state index in [1.165, 1.54) is 12.1 Å². The maximum Gasteiger partial charge on any atom is 0.335 e. The van der Waals surface area contributed by atoms with Crippen LogP contribution in [0.5, 0.6) is 5.75 Å². The SMILES string of the molecule is O=C(O)c1cc(C2=C(c3cc(Cl)ccc3OCc3ccc(F)cc3F)CCC2)cc(N2CCCCC2=O)c1. The highest BCUT2D eigenvalue weighted by Gasteiger charge is 2.25. The summed E-state index contributed by atoms with van der Waals surface area (Å²) in [5, 5.41) is 10.3. The fourth-order valence-corrected chi connectivity index (χ4v) is 5.33. The molecule has 1 heterocycles. The van der Waals surface area contributed by atoms with Crippen molar-refractivity contribution in [2.75, 3.05) is 11.4 Å². The van der Waals surface area contributed by atoms with Gasteiger partial charge in [-0.2, -0.15) is 0 Å². The van der Waals surface area contributed by atoms with Crippen LogP contribution in [0.2, 0.25) is 5.02 Å². The number of halogens is 3. The first-order valence-electron chi connectivity index (χ1n) is 12.6. The normalized spacial score (nSPS) is 15.8. The number of aromatic carboxylic acids is 1. The number of piperidine rings is 1. The van der Waals surface area contributed by atoms with E-state index in [4.69, 9.17) is 16.3 Å². The summed E-state index contributed by atoms with van der Waals surface area (Å²) in [5.41, 5.74) is 4.31. The summed E-state index contributed by atoms with van der Waals surface area (Å²) in [5.74, 6) is -1.93. The molecule has 5 rings (SSSR count). The number of anilines is 1. The topological polar surface area (TPSA) is 66.8 Å². The standard InChI is InChI=1S/C30H26ClF2NO4/c31-21-8-10-28(38-17-18-7-9-22(32)16-27(18)33)26(15-21)25-5-3-4-24(25)19-12-20(30(36)37)14-23(13-19)34-11-2-1-6-29(34)35/h7-10,12-16H,1-6,11,17H2,(H,36,37). The lowest BCUT2D eigenvalue weighted by molar-refractivity contribution is -0.119. The Balaban J connectivity index is 1.55. The summed E-state index contributed by atoms with van der Waals surface area (Å²) in [6.07, 6.45) is 4.41.